The summed E-state index contributed by atoms with van der Waals surface area (Å²) in [5.41, 5.74) is 0.653. The van der Waals surface area contributed by atoms with E-state index in [2.05, 4.69) is 14.9 Å². The molecule has 0 fully saturated rings. The van der Waals surface area contributed by atoms with E-state index < -0.39 is 10.0 Å². The lowest BCUT2D eigenvalue weighted by Crippen LogP contribution is -2.13. The van der Waals surface area contributed by atoms with Gasteiger partial charge < -0.3 is 4.74 Å². The molecule has 0 spiro atoms. The minimum Gasteiger partial charge on any atom is -0.497 e. The van der Waals surface area contributed by atoms with Crippen LogP contribution in [-0.4, -0.2) is 25.7 Å². The Hall–Kier alpha value is -2.25. The van der Waals surface area contributed by atoms with Gasteiger partial charge in [-0.1, -0.05) is 17.7 Å². The van der Waals surface area contributed by atoms with Crippen LogP contribution in [0.4, 0.5) is 5.82 Å². The van der Waals surface area contributed by atoms with Gasteiger partial charge in [-0.15, -0.1) is 0 Å². The van der Waals surface area contributed by atoms with Gasteiger partial charge in [-0.3, -0.25) is 9.82 Å². The van der Waals surface area contributed by atoms with Crippen molar-refractivity contribution in [1.29, 1.82) is 0 Å². The predicted molar refractivity (Wildman–Crippen MR) is 84.9 cm³/mol. The summed E-state index contributed by atoms with van der Waals surface area (Å²) in [5.74, 6) is 0.739. The maximum Gasteiger partial charge on any atom is 0.263 e. The Balaban J connectivity index is 1.99. The maximum absolute atomic E-state index is 12.4. The average molecular weight is 338 g/mol. The smallest absolute Gasteiger partial charge is 0.263 e. The molecule has 0 saturated heterocycles. The first kappa shape index (κ1) is 14.7. The van der Waals surface area contributed by atoms with Crippen LogP contribution in [0.25, 0.3) is 10.9 Å². The normalized spacial score (nSPS) is 11.5. The van der Waals surface area contributed by atoms with Crippen LogP contribution in [0.2, 0.25) is 5.02 Å². The van der Waals surface area contributed by atoms with E-state index >= 15 is 0 Å². The number of nitrogens with zero attached hydrogens (tertiary/aromatic N) is 1. The number of hydrogen-bond acceptors (Lipinski definition) is 4. The van der Waals surface area contributed by atoms with E-state index in [0.717, 1.165) is 0 Å². The molecule has 22 heavy (non-hydrogen) atoms. The minimum absolute atomic E-state index is 0.108. The minimum atomic E-state index is -3.76. The van der Waals surface area contributed by atoms with Gasteiger partial charge in [0, 0.05) is 0 Å². The van der Waals surface area contributed by atoms with Gasteiger partial charge in [0.25, 0.3) is 10.0 Å². The molecule has 0 aliphatic heterocycles. The summed E-state index contributed by atoms with van der Waals surface area (Å²) < 4.78 is 32.3. The second kappa shape index (κ2) is 5.51. The van der Waals surface area contributed by atoms with Crippen LogP contribution in [0.15, 0.2) is 47.4 Å². The third-order valence-electron chi connectivity index (χ3n) is 3.14. The lowest BCUT2D eigenvalue weighted by molar-refractivity contribution is 0.414. The average Bonchev–Trinajstić information content (AvgIpc) is 2.91. The van der Waals surface area contributed by atoms with E-state index in [1.165, 1.54) is 19.2 Å². The van der Waals surface area contributed by atoms with E-state index in [-0.39, 0.29) is 10.7 Å². The molecule has 3 rings (SSSR count). The monoisotopic (exact) mass is 337 g/mol. The van der Waals surface area contributed by atoms with Crippen LogP contribution in [0, 0.1) is 0 Å². The number of methoxy groups -OCH3 is 1. The summed E-state index contributed by atoms with van der Waals surface area (Å²) in [6.07, 6.45) is 0. The van der Waals surface area contributed by atoms with E-state index in [9.17, 15) is 8.42 Å². The van der Waals surface area contributed by atoms with Gasteiger partial charge in [0.1, 0.15) is 5.75 Å². The topological polar surface area (TPSA) is 84.1 Å². The summed E-state index contributed by atoms with van der Waals surface area (Å²) in [6.45, 7) is 0. The first-order chi connectivity index (χ1) is 10.5. The molecule has 0 amide bonds. The molecule has 6 nitrogen and oxygen atoms in total. The summed E-state index contributed by atoms with van der Waals surface area (Å²) in [6, 6.07) is 11.2. The number of benzene rings is 2. The Morgan fingerprint density at radius 3 is 2.59 bits per heavy atom. The highest BCUT2D eigenvalue weighted by Gasteiger charge is 2.18. The number of rotatable bonds is 4. The number of hydrogen-bond donors (Lipinski definition) is 2. The standard InChI is InChI=1S/C14H12ClN3O3S/c1-21-9-5-7-10(8-6-9)22(19,20)18-14-13-11(15)3-2-4-12(13)16-17-14/h2-8H,1H3,(H2,16,17,18). The lowest BCUT2D eigenvalue weighted by atomic mass is 10.2. The zero-order valence-electron chi connectivity index (χ0n) is 11.5. The molecule has 0 unspecified atom stereocenters. The molecule has 0 aliphatic rings. The van der Waals surface area contributed by atoms with E-state index in [1.54, 1.807) is 30.3 Å². The highest BCUT2D eigenvalue weighted by molar-refractivity contribution is 7.92. The number of fused-ring (bicyclic) bond motifs is 1. The molecule has 1 heterocycles. The predicted octanol–water partition coefficient (Wildman–Crippen LogP) is 3.03. The number of nitrogens with one attached hydrogen (secondary N) is 2. The molecule has 3 aromatic rings. The summed E-state index contributed by atoms with van der Waals surface area (Å²) in [4.78, 5) is 0.108. The fourth-order valence-electron chi connectivity index (χ4n) is 2.04. The van der Waals surface area contributed by atoms with Gasteiger partial charge in [0.2, 0.25) is 0 Å². The largest absolute Gasteiger partial charge is 0.497 e. The van der Waals surface area contributed by atoms with Crippen molar-refractivity contribution in [2.24, 2.45) is 0 Å². The Labute approximate surface area is 132 Å². The number of halogens is 1. The number of H-pyrrole nitrogens is 1. The van der Waals surface area contributed by atoms with Gasteiger partial charge in [-0.2, -0.15) is 5.10 Å². The van der Waals surface area contributed by atoms with Gasteiger partial charge in [-0.25, -0.2) is 8.42 Å². The molecule has 114 valence electrons. The van der Waals surface area contributed by atoms with Crippen molar-refractivity contribution < 1.29 is 13.2 Å². The molecule has 0 bridgehead atoms. The number of sulfonamides is 1. The third kappa shape index (κ3) is 2.60. The van der Waals surface area contributed by atoms with Crippen molar-refractivity contribution in [2.45, 2.75) is 4.90 Å². The van der Waals surface area contributed by atoms with Crippen molar-refractivity contribution in [2.75, 3.05) is 11.8 Å². The number of anilines is 1. The maximum atomic E-state index is 12.4. The first-order valence-electron chi connectivity index (χ1n) is 6.31. The zero-order chi connectivity index (χ0) is 15.7. The highest BCUT2D eigenvalue weighted by Crippen LogP contribution is 2.29. The first-order valence-corrected chi connectivity index (χ1v) is 8.17. The van der Waals surface area contributed by atoms with Crippen LogP contribution in [0.5, 0.6) is 5.75 Å². The number of ether oxygens (including phenoxy) is 1. The second-order valence-electron chi connectivity index (χ2n) is 4.52. The van der Waals surface area contributed by atoms with Crippen LogP contribution in [0.3, 0.4) is 0 Å². The molecule has 1 aromatic heterocycles. The number of aromatic amines is 1. The van der Waals surface area contributed by atoms with Crippen molar-refractivity contribution in [3.63, 3.8) is 0 Å². The fourth-order valence-corrected chi connectivity index (χ4v) is 3.32. The molecule has 0 radical (unpaired) electrons. The Morgan fingerprint density at radius 1 is 1.18 bits per heavy atom. The molecule has 0 aliphatic carbocycles. The van der Waals surface area contributed by atoms with Gasteiger partial charge in [0.15, 0.2) is 5.82 Å². The summed E-state index contributed by atoms with van der Waals surface area (Å²) in [7, 11) is -2.25. The molecule has 0 atom stereocenters. The van der Waals surface area contributed by atoms with Crippen LogP contribution in [0.1, 0.15) is 0 Å². The Morgan fingerprint density at radius 2 is 1.91 bits per heavy atom. The third-order valence-corrected chi connectivity index (χ3v) is 4.81. The van der Waals surface area contributed by atoms with Gasteiger partial charge in [-0.05, 0) is 36.4 Å². The molecular weight excluding hydrogens is 326 g/mol. The molecule has 8 heteroatoms. The van der Waals surface area contributed by atoms with Gasteiger partial charge in [0.05, 0.1) is 27.9 Å². The van der Waals surface area contributed by atoms with E-state index in [0.29, 0.717) is 21.7 Å². The van der Waals surface area contributed by atoms with Crippen LogP contribution in [-0.2, 0) is 10.0 Å². The molecule has 0 saturated carbocycles. The quantitative estimate of drug-likeness (QED) is 0.766. The van der Waals surface area contributed by atoms with Crippen molar-refractivity contribution >= 4 is 38.3 Å². The highest BCUT2D eigenvalue weighted by atomic mass is 35.5. The zero-order valence-corrected chi connectivity index (χ0v) is 13.1. The van der Waals surface area contributed by atoms with Crippen molar-refractivity contribution in [3.8, 4) is 5.75 Å². The second-order valence-corrected chi connectivity index (χ2v) is 6.61. The SMILES string of the molecule is COc1ccc(S(=O)(=O)Nc2n[nH]c3cccc(Cl)c23)cc1. The summed E-state index contributed by atoms with van der Waals surface area (Å²) in [5, 5.41) is 7.66. The lowest BCUT2D eigenvalue weighted by Gasteiger charge is -2.07. The van der Waals surface area contributed by atoms with E-state index in [4.69, 9.17) is 16.3 Å². The number of aromatic nitrogens is 2. The summed E-state index contributed by atoms with van der Waals surface area (Å²) >= 11 is 6.11. The van der Waals surface area contributed by atoms with Crippen LogP contribution >= 0.6 is 11.6 Å². The van der Waals surface area contributed by atoms with Crippen molar-refractivity contribution in [1.82, 2.24) is 10.2 Å². The molecular formula is C14H12ClN3O3S. The Kier molecular flexibility index (Phi) is 3.67. The van der Waals surface area contributed by atoms with E-state index in [1.807, 2.05) is 0 Å². The van der Waals surface area contributed by atoms with Gasteiger partial charge >= 0.3 is 0 Å². The van der Waals surface area contributed by atoms with Crippen LogP contribution < -0.4 is 9.46 Å². The molecule has 2 N–H and O–H groups in total. The van der Waals surface area contributed by atoms with Crippen molar-refractivity contribution in [3.05, 3.63) is 47.5 Å². The fraction of sp³-hybridized carbons (Fsp3) is 0.0714. The Bertz CT molecular complexity index is 920. The molecule has 2 aromatic carbocycles.